The number of nitrogens with one attached hydrogen (secondary N) is 2. The van der Waals surface area contributed by atoms with Gasteiger partial charge in [0.15, 0.2) is 0 Å². The highest BCUT2D eigenvalue weighted by molar-refractivity contribution is 7.89. The lowest BCUT2D eigenvalue weighted by Crippen LogP contribution is -2.50. The molecule has 0 aromatic heterocycles. The second-order valence-electron chi connectivity index (χ2n) is 8.07. The predicted molar refractivity (Wildman–Crippen MR) is 122 cm³/mol. The summed E-state index contributed by atoms with van der Waals surface area (Å²) >= 11 is 0. The van der Waals surface area contributed by atoms with Gasteiger partial charge in [-0.2, -0.15) is 4.72 Å². The summed E-state index contributed by atoms with van der Waals surface area (Å²) < 4.78 is 34.4. The van der Waals surface area contributed by atoms with Crippen molar-refractivity contribution >= 4 is 15.9 Å². The number of carbonyl (C=O) groups excluding carboxylic acids is 1. The van der Waals surface area contributed by atoms with Gasteiger partial charge in [-0.15, -0.1) is 0 Å². The monoisotopic (exact) mass is 444 g/mol. The first kappa shape index (κ1) is 23.3. The molecule has 1 aliphatic carbocycles. The Morgan fingerprint density at radius 3 is 2.45 bits per heavy atom. The minimum absolute atomic E-state index is 0.108. The Morgan fingerprint density at radius 2 is 1.81 bits per heavy atom. The van der Waals surface area contributed by atoms with Gasteiger partial charge in [0.25, 0.3) is 0 Å². The molecule has 0 radical (unpaired) electrons. The molecule has 2 aromatic carbocycles. The van der Waals surface area contributed by atoms with Gasteiger partial charge in [0.2, 0.25) is 15.9 Å². The molecule has 3 rings (SSSR count). The number of sulfonamides is 1. The number of rotatable bonds is 9. The molecule has 1 atom stereocenters. The smallest absolute Gasteiger partial charge is 0.241 e. The van der Waals surface area contributed by atoms with Crippen molar-refractivity contribution in [3.63, 3.8) is 0 Å². The van der Waals surface area contributed by atoms with Crippen molar-refractivity contribution in [3.05, 3.63) is 59.7 Å². The zero-order valence-corrected chi connectivity index (χ0v) is 19.1. The number of hydrogen-bond donors (Lipinski definition) is 2. The standard InChI is InChI=1S/C24H32N2O4S/c1-3-30-23-15-14-21(16-18(23)2)31(28,29)26-22(17-19-10-6-4-7-11-19)24(27)25-20-12-8-5-9-13-20/h4,6-7,10-11,14-16,20,22,26H,3,5,8-9,12-13,17H2,1-2H3,(H,25,27). The maximum absolute atomic E-state index is 13.1. The molecule has 1 fully saturated rings. The van der Waals surface area contributed by atoms with E-state index in [0.29, 0.717) is 12.4 Å². The molecular weight excluding hydrogens is 412 g/mol. The molecule has 6 nitrogen and oxygen atoms in total. The summed E-state index contributed by atoms with van der Waals surface area (Å²) in [6.07, 6.45) is 5.53. The zero-order valence-electron chi connectivity index (χ0n) is 18.3. The fourth-order valence-corrected chi connectivity index (χ4v) is 5.23. The highest BCUT2D eigenvalue weighted by Crippen LogP contribution is 2.22. The molecule has 2 N–H and O–H groups in total. The van der Waals surface area contributed by atoms with Crippen LogP contribution in [0.25, 0.3) is 0 Å². The van der Waals surface area contributed by atoms with Crippen LogP contribution in [0.4, 0.5) is 0 Å². The van der Waals surface area contributed by atoms with E-state index in [-0.39, 0.29) is 23.3 Å². The van der Waals surface area contributed by atoms with Crippen LogP contribution in [0.5, 0.6) is 5.75 Å². The lowest BCUT2D eigenvalue weighted by molar-refractivity contribution is -0.123. The molecule has 0 saturated heterocycles. The summed E-state index contributed by atoms with van der Waals surface area (Å²) in [6, 6.07) is 13.4. The van der Waals surface area contributed by atoms with Crippen molar-refractivity contribution in [3.8, 4) is 5.75 Å². The molecule has 0 aliphatic heterocycles. The van der Waals surface area contributed by atoms with Gasteiger partial charge in [-0.05, 0) is 62.4 Å². The van der Waals surface area contributed by atoms with Crippen LogP contribution >= 0.6 is 0 Å². The SMILES string of the molecule is CCOc1ccc(S(=O)(=O)NC(Cc2ccccc2)C(=O)NC2CCCCC2)cc1C. The zero-order chi connectivity index (χ0) is 22.3. The third-order valence-electron chi connectivity index (χ3n) is 5.60. The largest absolute Gasteiger partial charge is 0.494 e. The van der Waals surface area contributed by atoms with E-state index in [2.05, 4.69) is 10.0 Å². The van der Waals surface area contributed by atoms with E-state index in [1.54, 1.807) is 19.1 Å². The summed E-state index contributed by atoms with van der Waals surface area (Å²) in [6.45, 7) is 4.19. The molecule has 31 heavy (non-hydrogen) atoms. The van der Waals surface area contributed by atoms with Crippen LogP contribution in [0.3, 0.4) is 0 Å². The van der Waals surface area contributed by atoms with Crippen molar-refractivity contribution in [2.24, 2.45) is 0 Å². The molecule has 0 spiro atoms. The molecule has 2 aromatic rings. The molecular formula is C24H32N2O4S. The van der Waals surface area contributed by atoms with Crippen LogP contribution in [0.1, 0.15) is 50.2 Å². The van der Waals surface area contributed by atoms with Crippen molar-refractivity contribution in [1.29, 1.82) is 0 Å². The average molecular weight is 445 g/mol. The van der Waals surface area contributed by atoms with Gasteiger partial charge < -0.3 is 10.1 Å². The second kappa shape index (κ2) is 10.8. The maximum Gasteiger partial charge on any atom is 0.241 e. The number of aryl methyl sites for hydroxylation is 1. The van der Waals surface area contributed by atoms with Crippen molar-refractivity contribution in [1.82, 2.24) is 10.0 Å². The minimum atomic E-state index is -3.89. The summed E-state index contributed by atoms with van der Waals surface area (Å²) in [5, 5.41) is 3.06. The lowest BCUT2D eigenvalue weighted by atomic mass is 9.95. The fraction of sp³-hybridized carbons (Fsp3) is 0.458. The first-order valence-corrected chi connectivity index (χ1v) is 12.5. The van der Waals surface area contributed by atoms with Gasteiger partial charge in [-0.3, -0.25) is 4.79 Å². The number of benzene rings is 2. The van der Waals surface area contributed by atoms with E-state index >= 15 is 0 Å². The summed E-state index contributed by atoms with van der Waals surface area (Å²) in [4.78, 5) is 13.2. The topological polar surface area (TPSA) is 84.5 Å². The minimum Gasteiger partial charge on any atom is -0.494 e. The number of ether oxygens (including phenoxy) is 1. The van der Waals surface area contributed by atoms with E-state index in [4.69, 9.17) is 4.74 Å². The van der Waals surface area contributed by atoms with Crippen LogP contribution in [0.15, 0.2) is 53.4 Å². The van der Waals surface area contributed by atoms with Crippen LogP contribution in [0.2, 0.25) is 0 Å². The molecule has 0 bridgehead atoms. The van der Waals surface area contributed by atoms with Crippen molar-refractivity contribution < 1.29 is 17.9 Å². The molecule has 0 heterocycles. The quantitative estimate of drug-likeness (QED) is 0.617. The summed E-state index contributed by atoms with van der Waals surface area (Å²) in [7, 11) is -3.89. The highest BCUT2D eigenvalue weighted by atomic mass is 32.2. The number of carbonyl (C=O) groups is 1. The predicted octanol–water partition coefficient (Wildman–Crippen LogP) is 3.73. The lowest BCUT2D eigenvalue weighted by Gasteiger charge is -2.26. The van der Waals surface area contributed by atoms with Gasteiger partial charge in [-0.25, -0.2) is 8.42 Å². The normalized spacial score (nSPS) is 15.9. The first-order chi connectivity index (χ1) is 14.9. The molecule has 1 saturated carbocycles. The van der Waals surface area contributed by atoms with Crippen LogP contribution in [-0.4, -0.2) is 33.0 Å². The Balaban J connectivity index is 1.80. The van der Waals surface area contributed by atoms with Crippen LogP contribution in [-0.2, 0) is 21.2 Å². The van der Waals surface area contributed by atoms with E-state index in [1.807, 2.05) is 37.3 Å². The van der Waals surface area contributed by atoms with E-state index in [0.717, 1.165) is 36.8 Å². The average Bonchev–Trinajstić information content (AvgIpc) is 2.76. The molecule has 1 amide bonds. The molecule has 7 heteroatoms. The highest BCUT2D eigenvalue weighted by Gasteiger charge is 2.28. The molecule has 168 valence electrons. The summed E-state index contributed by atoms with van der Waals surface area (Å²) in [5.74, 6) is 0.374. The van der Waals surface area contributed by atoms with Gasteiger partial charge in [-0.1, -0.05) is 49.6 Å². The van der Waals surface area contributed by atoms with Crippen LogP contribution < -0.4 is 14.8 Å². The Hall–Kier alpha value is -2.38. The van der Waals surface area contributed by atoms with Gasteiger partial charge in [0, 0.05) is 6.04 Å². The van der Waals surface area contributed by atoms with Crippen molar-refractivity contribution in [2.75, 3.05) is 6.61 Å². The third kappa shape index (κ3) is 6.55. The Kier molecular flexibility index (Phi) is 8.09. The van der Waals surface area contributed by atoms with Crippen LogP contribution in [0, 0.1) is 6.92 Å². The maximum atomic E-state index is 13.1. The Bertz CT molecular complexity index is 970. The van der Waals surface area contributed by atoms with E-state index in [9.17, 15) is 13.2 Å². The van der Waals surface area contributed by atoms with Gasteiger partial charge in [0.1, 0.15) is 11.8 Å². The van der Waals surface area contributed by atoms with E-state index in [1.165, 1.54) is 12.5 Å². The van der Waals surface area contributed by atoms with Gasteiger partial charge in [0.05, 0.1) is 11.5 Å². The first-order valence-electron chi connectivity index (χ1n) is 11.0. The van der Waals surface area contributed by atoms with E-state index < -0.39 is 16.1 Å². The fourth-order valence-electron chi connectivity index (χ4n) is 3.95. The summed E-state index contributed by atoms with van der Waals surface area (Å²) in [5.41, 5.74) is 1.63. The third-order valence-corrected chi connectivity index (χ3v) is 7.07. The molecule has 1 aliphatic rings. The Morgan fingerprint density at radius 1 is 1.10 bits per heavy atom. The second-order valence-corrected chi connectivity index (χ2v) is 9.78. The Labute approximate surface area is 185 Å². The van der Waals surface area contributed by atoms with Gasteiger partial charge >= 0.3 is 0 Å². The molecule has 1 unspecified atom stereocenters. The van der Waals surface area contributed by atoms with Crippen molar-refractivity contribution in [2.45, 2.75) is 69.4 Å². The number of amides is 1. The number of hydrogen-bond acceptors (Lipinski definition) is 4.